The highest BCUT2D eigenvalue weighted by Crippen LogP contribution is 2.38. The van der Waals surface area contributed by atoms with Gasteiger partial charge in [-0.1, -0.05) is 19.9 Å². The normalized spacial score (nSPS) is 15.5. The van der Waals surface area contributed by atoms with Crippen LogP contribution >= 0.6 is 0 Å². The lowest BCUT2D eigenvalue weighted by atomic mass is 9.80. The standard InChI is InChI=1S/C17H22N2O5/c1-11(20)24-13-6-5-12-10-17(2,3)15(21)19(14(12)9-13)8-7-18-16(22)23-4/h5-6,9H,7-8,10H2,1-4H3,(H,18,22). The molecule has 1 heterocycles. The molecule has 0 saturated carbocycles. The first-order valence-electron chi connectivity index (χ1n) is 7.70. The second-order valence-corrected chi connectivity index (χ2v) is 6.32. The molecule has 0 aromatic heterocycles. The van der Waals surface area contributed by atoms with Crippen LogP contribution < -0.4 is 15.0 Å². The summed E-state index contributed by atoms with van der Waals surface area (Å²) in [7, 11) is 1.28. The minimum absolute atomic E-state index is 0.0401. The van der Waals surface area contributed by atoms with Crippen LogP contribution in [0.4, 0.5) is 10.5 Å². The molecule has 130 valence electrons. The summed E-state index contributed by atoms with van der Waals surface area (Å²) in [6.45, 7) is 5.66. The lowest BCUT2D eigenvalue weighted by Crippen LogP contribution is -2.49. The number of rotatable bonds is 4. The fourth-order valence-corrected chi connectivity index (χ4v) is 2.76. The number of benzene rings is 1. The summed E-state index contributed by atoms with van der Waals surface area (Å²) in [6.07, 6.45) is 0.0511. The summed E-state index contributed by atoms with van der Waals surface area (Å²) in [4.78, 5) is 36.7. The monoisotopic (exact) mass is 334 g/mol. The molecule has 0 spiro atoms. The number of hydrogen-bond acceptors (Lipinski definition) is 5. The third-order valence-electron chi connectivity index (χ3n) is 3.86. The third kappa shape index (κ3) is 3.84. The van der Waals surface area contributed by atoms with E-state index in [4.69, 9.17) is 4.74 Å². The number of carbonyl (C=O) groups excluding carboxylic acids is 3. The lowest BCUT2D eigenvalue weighted by Gasteiger charge is -2.38. The van der Waals surface area contributed by atoms with Gasteiger partial charge in [0.25, 0.3) is 0 Å². The summed E-state index contributed by atoms with van der Waals surface area (Å²) in [5.41, 5.74) is 1.15. The maximum absolute atomic E-state index is 12.8. The van der Waals surface area contributed by atoms with Gasteiger partial charge in [0.2, 0.25) is 5.91 Å². The van der Waals surface area contributed by atoms with Crippen molar-refractivity contribution in [2.45, 2.75) is 27.2 Å². The molecular weight excluding hydrogens is 312 g/mol. The number of hydrogen-bond donors (Lipinski definition) is 1. The van der Waals surface area contributed by atoms with Crippen molar-refractivity contribution in [3.8, 4) is 5.75 Å². The minimum Gasteiger partial charge on any atom is -0.453 e. The molecular formula is C17H22N2O5. The van der Waals surface area contributed by atoms with Gasteiger partial charge in [0, 0.05) is 31.5 Å². The highest BCUT2D eigenvalue weighted by Gasteiger charge is 2.38. The molecule has 1 N–H and O–H groups in total. The average Bonchev–Trinajstić information content (AvgIpc) is 2.50. The Morgan fingerprint density at radius 2 is 2.04 bits per heavy atom. The SMILES string of the molecule is COC(=O)NCCN1C(=O)C(C)(C)Cc2ccc(OC(C)=O)cc21. The number of ether oxygens (including phenoxy) is 2. The van der Waals surface area contributed by atoms with Gasteiger partial charge in [-0.3, -0.25) is 9.59 Å². The summed E-state index contributed by atoms with van der Waals surface area (Å²) >= 11 is 0. The lowest BCUT2D eigenvalue weighted by molar-refractivity contribution is -0.131. The number of fused-ring (bicyclic) bond motifs is 1. The molecule has 1 aromatic carbocycles. The third-order valence-corrected chi connectivity index (χ3v) is 3.86. The van der Waals surface area contributed by atoms with E-state index in [1.165, 1.54) is 14.0 Å². The molecule has 0 radical (unpaired) electrons. The average molecular weight is 334 g/mol. The first kappa shape index (κ1) is 17.8. The maximum Gasteiger partial charge on any atom is 0.406 e. The zero-order valence-corrected chi connectivity index (χ0v) is 14.3. The molecule has 0 aliphatic carbocycles. The number of esters is 1. The van der Waals surface area contributed by atoms with Gasteiger partial charge in [0.15, 0.2) is 0 Å². The zero-order chi connectivity index (χ0) is 17.9. The van der Waals surface area contributed by atoms with E-state index < -0.39 is 17.5 Å². The molecule has 1 aliphatic heterocycles. The van der Waals surface area contributed by atoms with E-state index in [9.17, 15) is 14.4 Å². The van der Waals surface area contributed by atoms with Crippen LogP contribution in [0.15, 0.2) is 18.2 Å². The highest BCUT2D eigenvalue weighted by molar-refractivity contribution is 6.00. The van der Waals surface area contributed by atoms with Crippen LogP contribution in [0.2, 0.25) is 0 Å². The van der Waals surface area contributed by atoms with Gasteiger partial charge in [0.05, 0.1) is 12.8 Å². The summed E-state index contributed by atoms with van der Waals surface area (Å²) in [5, 5.41) is 2.56. The summed E-state index contributed by atoms with van der Waals surface area (Å²) in [6, 6.07) is 5.27. The van der Waals surface area contributed by atoms with Crippen LogP contribution in [0, 0.1) is 5.41 Å². The minimum atomic E-state index is -0.549. The first-order chi connectivity index (χ1) is 11.2. The predicted molar refractivity (Wildman–Crippen MR) is 88.0 cm³/mol. The predicted octanol–water partition coefficient (Wildman–Crippen LogP) is 1.88. The van der Waals surface area contributed by atoms with Gasteiger partial charge < -0.3 is 19.7 Å². The van der Waals surface area contributed by atoms with E-state index >= 15 is 0 Å². The van der Waals surface area contributed by atoms with Gasteiger partial charge in [-0.05, 0) is 18.1 Å². The van der Waals surface area contributed by atoms with Crippen molar-refractivity contribution in [1.82, 2.24) is 5.32 Å². The number of amides is 2. The largest absolute Gasteiger partial charge is 0.453 e. The van der Waals surface area contributed by atoms with E-state index in [1.807, 2.05) is 19.9 Å². The Morgan fingerprint density at radius 3 is 2.67 bits per heavy atom. The fraction of sp³-hybridized carbons (Fsp3) is 0.471. The second-order valence-electron chi connectivity index (χ2n) is 6.32. The van der Waals surface area contributed by atoms with Crippen molar-refractivity contribution in [3.05, 3.63) is 23.8 Å². The number of nitrogens with one attached hydrogen (secondary N) is 1. The number of methoxy groups -OCH3 is 1. The molecule has 7 nitrogen and oxygen atoms in total. The van der Waals surface area contributed by atoms with Gasteiger partial charge in [0.1, 0.15) is 5.75 Å². The Labute approximate surface area is 140 Å². The van der Waals surface area contributed by atoms with Crippen molar-refractivity contribution in [2.24, 2.45) is 5.41 Å². The van der Waals surface area contributed by atoms with Gasteiger partial charge in [-0.15, -0.1) is 0 Å². The number of anilines is 1. The second kappa shape index (κ2) is 6.90. The van der Waals surface area contributed by atoms with E-state index in [0.29, 0.717) is 24.4 Å². The molecule has 0 atom stereocenters. The van der Waals surface area contributed by atoms with Crippen LogP contribution in [-0.2, 0) is 20.7 Å². The van der Waals surface area contributed by atoms with E-state index in [2.05, 4.69) is 10.1 Å². The Kier molecular flexibility index (Phi) is 5.11. The van der Waals surface area contributed by atoms with Crippen LogP contribution in [-0.4, -0.2) is 38.2 Å². The number of nitrogens with zero attached hydrogens (tertiary/aromatic N) is 1. The Bertz CT molecular complexity index is 669. The van der Waals surface area contributed by atoms with Crippen LogP contribution in [0.3, 0.4) is 0 Å². The Morgan fingerprint density at radius 1 is 1.33 bits per heavy atom. The molecule has 1 aromatic rings. The molecule has 2 amide bonds. The van der Waals surface area contributed by atoms with Crippen molar-refractivity contribution >= 4 is 23.7 Å². The molecule has 1 aliphatic rings. The molecule has 24 heavy (non-hydrogen) atoms. The van der Waals surface area contributed by atoms with Crippen molar-refractivity contribution in [1.29, 1.82) is 0 Å². The highest BCUT2D eigenvalue weighted by atomic mass is 16.5. The summed E-state index contributed by atoms with van der Waals surface area (Å²) < 4.78 is 9.64. The zero-order valence-electron chi connectivity index (χ0n) is 14.3. The molecule has 0 saturated heterocycles. The Balaban J connectivity index is 2.28. The maximum atomic E-state index is 12.8. The van der Waals surface area contributed by atoms with Crippen LogP contribution in [0.1, 0.15) is 26.3 Å². The molecule has 2 rings (SSSR count). The quantitative estimate of drug-likeness (QED) is 0.671. The van der Waals surface area contributed by atoms with Crippen molar-refractivity contribution in [2.75, 3.05) is 25.1 Å². The molecule has 0 fully saturated rings. The molecule has 0 bridgehead atoms. The van der Waals surface area contributed by atoms with Crippen LogP contribution in [0.5, 0.6) is 5.75 Å². The Hall–Kier alpha value is -2.57. The van der Waals surface area contributed by atoms with Gasteiger partial charge >= 0.3 is 12.1 Å². The van der Waals surface area contributed by atoms with Crippen molar-refractivity contribution in [3.63, 3.8) is 0 Å². The van der Waals surface area contributed by atoms with E-state index in [1.54, 1.807) is 17.0 Å². The molecule has 7 heteroatoms. The fourth-order valence-electron chi connectivity index (χ4n) is 2.76. The van der Waals surface area contributed by atoms with Gasteiger partial charge in [-0.2, -0.15) is 0 Å². The number of carbonyl (C=O) groups is 3. The smallest absolute Gasteiger partial charge is 0.406 e. The topological polar surface area (TPSA) is 84.9 Å². The van der Waals surface area contributed by atoms with Crippen molar-refractivity contribution < 1.29 is 23.9 Å². The van der Waals surface area contributed by atoms with Gasteiger partial charge in [-0.25, -0.2) is 4.79 Å². The van der Waals surface area contributed by atoms with E-state index in [0.717, 1.165) is 5.56 Å². The van der Waals surface area contributed by atoms with Crippen LogP contribution in [0.25, 0.3) is 0 Å². The molecule has 0 unspecified atom stereocenters. The number of alkyl carbamates (subject to hydrolysis) is 1. The first-order valence-corrected chi connectivity index (χ1v) is 7.70. The summed E-state index contributed by atoms with van der Waals surface area (Å²) in [5.74, 6) is -0.0716. The van der Waals surface area contributed by atoms with E-state index in [-0.39, 0.29) is 12.5 Å².